The Hall–Kier alpha value is -1.56. The topological polar surface area (TPSA) is 66.5 Å². The highest BCUT2D eigenvalue weighted by atomic mass is 32.2. The van der Waals surface area contributed by atoms with Gasteiger partial charge in [0.2, 0.25) is 15.9 Å². The molecule has 3 rings (SSSR count). The van der Waals surface area contributed by atoms with Crippen LogP contribution in [0.15, 0.2) is 50.9 Å². The summed E-state index contributed by atoms with van der Waals surface area (Å²) in [5.41, 5.74) is -0.742. The van der Waals surface area contributed by atoms with Gasteiger partial charge in [0.15, 0.2) is 0 Å². The number of thioether (sulfide) groups is 1. The Morgan fingerprint density at radius 1 is 1.21 bits per heavy atom. The highest BCUT2D eigenvalue weighted by molar-refractivity contribution is 8.00. The molecule has 1 saturated heterocycles. The zero-order valence-electron chi connectivity index (χ0n) is 15.2. The zero-order chi connectivity index (χ0) is 21.1. The van der Waals surface area contributed by atoms with Gasteiger partial charge in [-0.15, -0.1) is 23.1 Å². The van der Waals surface area contributed by atoms with Crippen LogP contribution < -0.4 is 4.72 Å². The molecule has 1 aliphatic rings. The van der Waals surface area contributed by atoms with Gasteiger partial charge in [-0.3, -0.25) is 4.79 Å². The van der Waals surface area contributed by atoms with E-state index in [-0.39, 0.29) is 21.9 Å². The molecule has 1 aliphatic heterocycles. The number of nitrogens with one attached hydrogen (secondary N) is 1. The quantitative estimate of drug-likeness (QED) is 0.660. The van der Waals surface area contributed by atoms with Crippen LogP contribution in [0.25, 0.3) is 0 Å². The lowest BCUT2D eigenvalue weighted by molar-refractivity contribution is -0.137. The van der Waals surface area contributed by atoms with E-state index in [1.165, 1.54) is 12.1 Å². The van der Waals surface area contributed by atoms with Gasteiger partial charge in [0, 0.05) is 24.0 Å². The van der Waals surface area contributed by atoms with Crippen molar-refractivity contribution in [3.8, 4) is 0 Å². The van der Waals surface area contributed by atoms with Crippen LogP contribution in [0, 0.1) is 0 Å². The number of hydrogen-bond donors (Lipinski definition) is 1. The number of thiophene rings is 1. The van der Waals surface area contributed by atoms with Gasteiger partial charge in [0.05, 0.1) is 11.3 Å². The van der Waals surface area contributed by atoms with Crippen LogP contribution in [-0.4, -0.2) is 44.1 Å². The first-order valence-corrected chi connectivity index (χ1v) is 12.1. The van der Waals surface area contributed by atoms with E-state index in [9.17, 15) is 26.4 Å². The standard InChI is InChI=1S/C18H19F3N2O3S3/c19-18(20,21)13-3-1-4-15(11-13)28-12-16(24)23-8-6-14(7-9-23)22-29(25,26)17-5-2-10-27-17/h1-5,10-11,14,22H,6-9,12H2. The minimum absolute atomic E-state index is 0.0346. The average molecular weight is 465 g/mol. The molecule has 0 bridgehead atoms. The summed E-state index contributed by atoms with van der Waals surface area (Å²) in [6.07, 6.45) is -3.44. The molecular formula is C18H19F3N2O3S3. The minimum Gasteiger partial charge on any atom is -0.342 e. The van der Waals surface area contributed by atoms with Crippen LogP contribution in [0.5, 0.6) is 0 Å². The van der Waals surface area contributed by atoms with Gasteiger partial charge >= 0.3 is 6.18 Å². The molecule has 1 aromatic carbocycles. The lowest BCUT2D eigenvalue weighted by Crippen LogP contribution is -2.46. The Morgan fingerprint density at radius 2 is 1.93 bits per heavy atom. The maximum Gasteiger partial charge on any atom is 0.416 e. The smallest absolute Gasteiger partial charge is 0.342 e. The molecule has 0 aliphatic carbocycles. The van der Waals surface area contributed by atoms with Gasteiger partial charge in [-0.1, -0.05) is 12.1 Å². The molecule has 5 nitrogen and oxygen atoms in total. The maximum absolute atomic E-state index is 12.8. The number of benzene rings is 1. The number of alkyl halides is 3. The second-order valence-electron chi connectivity index (χ2n) is 6.52. The van der Waals surface area contributed by atoms with Crippen LogP contribution in [-0.2, 0) is 21.0 Å². The van der Waals surface area contributed by atoms with E-state index in [1.807, 2.05) is 0 Å². The molecule has 0 spiro atoms. The summed E-state index contributed by atoms with van der Waals surface area (Å²) in [7, 11) is -3.55. The minimum atomic E-state index is -4.42. The number of rotatable bonds is 6. The fourth-order valence-electron chi connectivity index (χ4n) is 2.94. The molecular weight excluding hydrogens is 445 g/mol. The number of halogens is 3. The monoisotopic (exact) mass is 464 g/mol. The third-order valence-corrected chi connectivity index (χ3v) is 8.35. The molecule has 1 fully saturated rings. The van der Waals surface area contributed by atoms with Crippen molar-refractivity contribution in [2.45, 2.75) is 34.2 Å². The van der Waals surface area contributed by atoms with Crippen molar-refractivity contribution in [2.75, 3.05) is 18.8 Å². The van der Waals surface area contributed by atoms with E-state index < -0.39 is 21.8 Å². The first-order chi connectivity index (χ1) is 13.6. The Bertz CT molecular complexity index is 939. The Labute approximate surface area is 175 Å². The van der Waals surface area contributed by atoms with E-state index in [4.69, 9.17) is 0 Å². The van der Waals surface area contributed by atoms with Crippen LogP contribution in [0.2, 0.25) is 0 Å². The van der Waals surface area contributed by atoms with Crippen LogP contribution in [0.3, 0.4) is 0 Å². The molecule has 0 radical (unpaired) electrons. The molecule has 1 amide bonds. The lowest BCUT2D eigenvalue weighted by atomic mass is 10.1. The van der Waals surface area contributed by atoms with Crippen molar-refractivity contribution in [1.82, 2.24) is 9.62 Å². The number of likely N-dealkylation sites (tertiary alicyclic amines) is 1. The number of amides is 1. The van der Waals surface area contributed by atoms with Crippen LogP contribution >= 0.6 is 23.1 Å². The lowest BCUT2D eigenvalue weighted by Gasteiger charge is -2.32. The van der Waals surface area contributed by atoms with Crippen LogP contribution in [0.4, 0.5) is 13.2 Å². The van der Waals surface area contributed by atoms with E-state index >= 15 is 0 Å². The first kappa shape index (κ1) is 22.1. The van der Waals surface area contributed by atoms with Gasteiger partial charge in [0.1, 0.15) is 4.21 Å². The Morgan fingerprint density at radius 3 is 2.55 bits per heavy atom. The number of sulfonamides is 1. The molecule has 2 aromatic rings. The van der Waals surface area contributed by atoms with Crippen molar-refractivity contribution >= 4 is 39.0 Å². The van der Waals surface area contributed by atoms with Gasteiger partial charge in [-0.25, -0.2) is 13.1 Å². The van der Waals surface area contributed by atoms with Gasteiger partial charge in [0.25, 0.3) is 0 Å². The number of carbonyl (C=O) groups is 1. The molecule has 0 unspecified atom stereocenters. The van der Waals surface area contributed by atoms with Crippen molar-refractivity contribution in [3.63, 3.8) is 0 Å². The summed E-state index contributed by atoms with van der Waals surface area (Å²) in [6.45, 7) is 0.805. The first-order valence-electron chi connectivity index (χ1n) is 8.79. The third-order valence-electron chi connectivity index (χ3n) is 4.45. The molecule has 158 valence electrons. The van der Waals surface area contributed by atoms with Crippen molar-refractivity contribution in [3.05, 3.63) is 47.3 Å². The molecule has 0 atom stereocenters. The van der Waals surface area contributed by atoms with E-state index in [0.717, 1.165) is 35.2 Å². The zero-order valence-corrected chi connectivity index (χ0v) is 17.6. The molecule has 11 heteroatoms. The highest BCUT2D eigenvalue weighted by Gasteiger charge is 2.31. The van der Waals surface area contributed by atoms with Crippen molar-refractivity contribution in [1.29, 1.82) is 0 Å². The number of hydrogen-bond acceptors (Lipinski definition) is 5. The fourth-order valence-corrected chi connectivity index (χ4v) is 6.11. The predicted octanol–water partition coefficient (Wildman–Crippen LogP) is 3.83. The second-order valence-corrected chi connectivity index (χ2v) is 10.5. The largest absolute Gasteiger partial charge is 0.416 e. The predicted molar refractivity (Wildman–Crippen MR) is 106 cm³/mol. The van der Waals surface area contributed by atoms with E-state index in [1.54, 1.807) is 22.4 Å². The van der Waals surface area contributed by atoms with Crippen LogP contribution in [0.1, 0.15) is 18.4 Å². The summed E-state index contributed by atoms with van der Waals surface area (Å²) in [5, 5.41) is 1.69. The molecule has 0 saturated carbocycles. The average Bonchev–Trinajstić information content (AvgIpc) is 3.22. The molecule has 2 heterocycles. The fraction of sp³-hybridized carbons (Fsp3) is 0.389. The van der Waals surface area contributed by atoms with Crippen molar-refractivity contribution in [2.24, 2.45) is 0 Å². The SMILES string of the molecule is O=C(CSc1cccc(C(F)(F)F)c1)N1CCC(NS(=O)(=O)c2cccs2)CC1. The van der Waals surface area contributed by atoms with E-state index in [0.29, 0.717) is 30.8 Å². The maximum atomic E-state index is 12.8. The Kier molecular flexibility index (Phi) is 6.92. The van der Waals surface area contributed by atoms with Gasteiger partial charge < -0.3 is 4.90 Å². The van der Waals surface area contributed by atoms with Crippen molar-refractivity contribution < 1.29 is 26.4 Å². The molecule has 29 heavy (non-hydrogen) atoms. The summed E-state index contributed by atoms with van der Waals surface area (Å²) in [6, 6.07) is 7.85. The third kappa shape index (κ3) is 5.97. The summed E-state index contributed by atoms with van der Waals surface area (Å²) in [4.78, 5) is 14.4. The van der Waals surface area contributed by atoms with Gasteiger partial charge in [-0.05, 0) is 42.5 Å². The van der Waals surface area contributed by atoms with E-state index in [2.05, 4.69) is 4.72 Å². The summed E-state index contributed by atoms with van der Waals surface area (Å²) >= 11 is 2.20. The van der Waals surface area contributed by atoms with Gasteiger partial charge in [-0.2, -0.15) is 13.2 Å². The highest BCUT2D eigenvalue weighted by Crippen LogP contribution is 2.32. The second kappa shape index (κ2) is 9.07. The normalized spacial score (nSPS) is 16.2. The summed E-state index contributed by atoms with van der Waals surface area (Å²) in [5.74, 6) is -0.139. The number of carbonyl (C=O) groups excluding carboxylic acids is 1. The number of piperidine rings is 1. The molecule has 1 N–H and O–H groups in total. The number of nitrogens with zero attached hydrogens (tertiary/aromatic N) is 1. The molecule has 1 aromatic heterocycles. The summed E-state index contributed by atoms with van der Waals surface area (Å²) < 4.78 is 65.8. The Balaban J connectivity index is 1.48.